The molecule has 0 bridgehead atoms. The fourth-order valence-electron chi connectivity index (χ4n) is 3.07. The number of likely N-dealkylation sites (N-methyl/N-ethyl adjacent to an activating group) is 1. The average molecular weight is 375 g/mol. The van der Waals surface area contributed by atoms with Gasteiger partial charge in [0.05, 0.1) is 29.9 Å². The molecule has 0 spiro atoms. The molecule has 7 heteroatoms. The molecule has 140 valence electrons. The predicted molar refractivity (Wildman–Crippen MR) is 105 cm³/mol. The molecular formula is C19H25N3O3S. The molecule has 1 heterocycles. The molecule has 0 amide bonds. The van der Waals surface area contributed by atoms with E-state index in [1.165, 1.54) is 4.31 Å². The van der Waals surface area contributed by atoms with Gasteiger partial charge >= 0.3 is 0 Å². The Morgan fingerprint density at radius 2 is 1.65 bits per heavy atom. The van der Waals surface area contributed by atoms with Crippen LogP contribution in [0, 0.1) is 0 Å². The van der Waals surface area contributed by atoms with Crippen molar-refractivity contribution in [2.45, 2.75) is 4.90 Å². The van der Waals surface area contributed by atoms with Gasteiger partial charge in [-0.1, -0.05) is 12.1 Å². The third-order valence-corrected chi connectivity index (χ3v) is 6.36. The predicted octanol–water partition coefficient (Wildman–Crippen LogP) is 2.27. The molecule has 3 rings (SSSR count). The lowest BCUT2D eigenvalue weighted by Gasteiger charge is -2.38. The summed E-state index contributed by atoms with van der Waals surface area (Å²) in [5, 5.41) is 0. The molecule has 0 radical (unpaired) electrons. The Bertz CT molecular complexity index is 851. The SMILES string of the molecule is COc1ccc(S(=O)(=O)N2CCN(CCN(C)C)c3ccccc32)cc1. The van der Waals surface area contributed by atoms with E-state index in [0.717, 1.165) is 24.5 Å². The number of rotatable bonds is 6. The molecule has 0 unspecified atom stereocenters. The van der Waals surface area contributed by atoms with Gasteiger partial charge in [-0.05, 0) is 50.5 Å². The zero-order valence-corrected chi connectivity index (χ0v) is 16.2. The van der Waals surface area contributed by atoms with Crippen molar-refractivity contribution in [1.29, 1.82) is 0 Å². The minimum absolute atomic E-state index is 0.273. The maximum absolute atomic E-state index is 13.2. The Hall–Kier alpha value is -2.25. The highest BCUT2D eigenvalue weighted by Crippen LogP contribution is 2.36. The quantitative estimate of drug-likeness (QED) is 0.775. The summed E-state index contributed by atoms with van der Waals surface area (Å²) in [7, 11) is 2.02. The van der Waals surface area contributed by atoms with Gasteiger partial charge in [-0.15, -0.1) is 0 Å². The van der Waals surface area contributed by atoms with Crippen molar-refractivity contribution in [1.82, 2.24) is 4.90 Å². The number of methoxy groups -OCH3 is 1. The summed E-state index contributed by atoms with van der Waals surface area (Å²) in [5.74, 6) is 0.637. The van der Waals surface area contributed by atoms with E-state index in [-0.39, 0.29) is 4.90 Å². The summed E-state index contributed by atoms with van der Waals surface area (Å²) >= 11 is 0. The van der Waals surface area contributed by atoms with Crippen LogP contribution in [-0.4, -0.2) is 60.7 Å². The summed E-state index contributed by atoms with van der Waals surface area (Å²) in [4.78, 5) is 4.65. The molecule has 1 aliphatic heterocycles. The summed E-state index contributed by atoms with van der Waals surface area (Å²) in [6.07, 6.45) is 0. The maximum Gasteiger partial charge on any atom is 0.264 e. The van der Waals surface area contributed by atoms with Gasteiger partial charge in [-0.2, -0.15) is 0 Å². The highest BCUT2D eigenvalue weighted by molar-refractivity contribution is 7.92. The smallest absolute Gasteiger partial charge is 0.264 e. The highest BCUT2D eigenvalue weighted by Gasteiger charge is 2.31. The highest BCUT2D eigenvalue weighted by atomic mass is 32.2. The van der Waals surface area contributed by atoms with E-state index in [1.54, 1.807) is 31.4 Å². The van der Waals surface area contributed by atoms with Crippen molar-refractivity contribution >= 4 is 21.4 Å². The molecule has 0 aliphatic carbocycles. The third-order valence-electron chi connectivity index (χ3n) is 4.53. The Kier molecular flexibility index (Phi) is 5.38. The zero-order valence-electron chi connectivity index (χ0n) is 15.4. The lowest BCUT2D eigenvalue weighted by Crippen LogP contribution is -2.45. The van der Waals surface area contributed by atoms with Gasteiger partial charge in [0.2, 0.25) is 0 Å². The van der Waals surface area contributed by atoms with Gasteiger partial charge in [0, 0.05) is 19.6 Å². The van der Waals surface area contributed by atoms with Crippen molar-refractivity contribution in [2.24, 2.45) is 0 Å². The van der Waals surface area contributed by atoms with Crippen molar-refractivity contribution in [3.8, 4) is 5.75 Å². The molecule has 1 aliphatic rings. The molecule has 2 aromatic carbocycles. The Balaban J connectivity index is 1.93. The molecule has 6 nitrogen and oxygen atoms in total. The largest absolute Gasteiger partial charge is 0.497 e. The lowest BCUT2D eigenvalue weighted by molar-refractivity contribution is 0.413. The number of para-hydroxylation sites is 2. The minimum atomic E-state index is -3.61. The molecule has 0 saturated carbocycles. The summed E-state index contributed by atoms with van der Waals surface area (Å²) < 4.78 is 33.0. The normalized spacial score (nSPS) is 14.5. The van der Waals surface area contributed by atoms with Gasteiger partial charge in [0.1, 0.15) is 5.75 Å². The summed E-state index contributed by atoms with van der Waals surface area (Å²) in [6, 6.07) is 14.2. The van der Waals surface area contributed by atoms with Crippen molar-refractivity contribution in [3.05, 3.63) is 48.5 Å². The fraction of sp³-hybridized carbons (Fsp3) is 0.368. The van der Waals surface area contributed by atoms with Crippen LogP contribution in [0.2, 0.25) is 0 Å². The minimum Gasteiger partial charge on any atom is -0.497 e. The Labute approximate surface area is 155 Å². The van der Waals surface area contributed by atoms with Gasteiger partial charge in [0.25, 0.3) is 10.0 Å². The van der Waals surface area contributed by atoms with Gasteiger partial charge in [-0.25, -0.2) is 8.42 Å². The molecule has 0 N–H and O–H groups in total. The average Bonchev–Trinajstić information content (AvgIpc) is 2.65. The first-order valence-electron chi connectivity index (χ1n) is 8.59. The molecule has 0 fully saturated rings. The van der Waals surface area contributed by atoms with Crippen molar-refractivity contribution in [2.75, 3.05) is 56.6 Å². The van der Waals surface area contributed by atoms with E-state index in [9.17, 15) is 8.42 Å². The molecule has 0 aromatic heterocycles. The number of hydrogen-bond acceptors (Lipinski definition) is 5. The lowest BCUT2D eigenvalue weighted by atomic mass is 10.2. The van der Waals surface area contributed by atoms with Gasteiger partial charge < -0.3 is 14.5 Å². The maximum atomic E-state index is 13.2. The van der Waals surface area contributed by atoms with Crippen LogP contribution in [0.3, 0.4) is 0 Å². The van der Waals surface area contributed by atoms with E-state index in [2.05, 4.69) is 9.80 Å². The second kappa shape index (κ2) is 7.55. The molecule has 0 saturated heterocycles. The van der Waals surface area contributed by atoms with Crippen LogP contribution in [0.5, 0.6) is 5.75 Å². The number of hydrogen-bond donors (Lipinski definition) is 0. The Morgan fingerprint density at radius 3 is 2.27 bits per heavy atom. The summed E-state index contributed by atoms with van der Waals surface area (Å²) in [6.45, 7) is 2.87. The standard InChI is InChI=1S/C19H25N3O3S/c1-20(2)12-13-21-14-15-22(19-7-5-4-6-18(19)21)26(23,24)17-10-8-16(25-3)9-11-17/h4-11H,12-15H2,1-3H3. The first-order valence-corrected chi connectivity index (χ1v) is 10.0. The monoisotopic (exact) mass is 375 g/mol. The van der Waals surface area contributed by atoms with E-state index in [0.29, 0.717) is 18.8 Å². The topological polar surface area (TPSA) is 53.1 Å². The second-order valence-corrected chi connectivity index (χ2v) is 8.39. The first-order chi connectivity index (χ1) is 12.4. The van der Waals surface area contributed by atoms with Crippen LogP contribution in [0.25, 0.3) is 0 Å². The van der Waals surface area contributed by atoms with Crippen LogP contribution < -0.4 is 13.9 Å². The molecule has 0 atom stereocenters. The molecule has 2 aromatic rings. The van der Waals surface area contributed by atoms with Crippen LogP contribution in [0.15, 0.2) is 53.4 Å². The van der Waals surface area contributed by atoms with Crippen LogP contribution >= 0.6 is 0 Å². The van der Waals surface area contributed by atoms with E-state index < -0.39 is 10.0 Å². The molecule has 26 heavy (non-hydrogen) atoms. The number of nitrogens with zero attached hydrogens (tertiary/aromatic N) is 3. The third kappa shape index (κ3) is 3.64. The van der Waals surface area contributed by atoms with Crippen LogP contribution in [0.4, 0.5) is 11.4 Å². The first kappa shape index (κ1) is 18.5. The number of benzene rings is 2. The van der Waals surface area contributed by atoms with Gasteiger partial charge in [0.15, 0.2) is 0 Å². The fourth-order valence-corrected chi connectivity index (χ4v) is 4.54. The van der Waals surface area contributed by atoms with Crippen molar-refractivity contribution in [3.63, 3.8) is 0 Å². The van der Waals surface area contributed by atoms with E-state index in [4.69, 9.17) is 4.74 Å². The van der Waals surface area contributed by atoms with Crippen molar-refractivity contribution < 1.29 is 13.2 Å². The summed E-state index contributed by atoms with van der Waals surface area (Å²) in [5.41, 5.74) is 1.69. The zero-order chi connectivity index (χ0) is 18.7. The number of anilines is 2. The number of ether oxygens (including phenoxy) is 1. The van der Waals surface area contributed by atoms with Crippen LogP contribution in [-0.2, 0) is 10.0 Å². The number of sulfonamides is 1. The molecular weight excluding hydrogens is 350 g/mol. The van der Waals surface area contributed by atoms with E-state index in [1.807, 2.05) is 38.4 Å². The Morgan fingerprint density at radius 1 is 1.00 bits per heavy atom. The number of fused-ring (bicyclic) bond motifs is 1. The van der Waals surface area contributed by atoms with Crippen LogP contribution in [0.1, 0.15) is 0 Å². The second-order valence-electron chi connectivity index (χ2n) is 6.53. The van der Waals surface area contributed by atoms with E-state index >= 15 is 0 Å². The van der Waals surface area contributed by atoms with Gasteiger partial charge in [-0.3, -0.25) is 4.31 Å².